The van der Waals surface area contributed by atoms with Crippen molar-refractivity contribution in [2.24, 2.45) is 0 Å². The Morgan fingerprint density at radius 2 is 2.24 bits per heavy atom. The van der Waals surface area contributed by atoms with E-state index in [1.54, 1.807) is 0 Å². The van der Waals surface area contributed by atoms with E-state index < -0.39 is 0 Å². The molecule has 0 saturated heterocycles. The van der Waals surface area contributed by atoms with Gasteiger partial charge in [0.2, 0.25) is 0 Å². The molecule has 17 heavy (non-hydrogen) atoms. The highest BCUT2D eigenvalue weighted by Crippen LogP contribution is 2.28. The van der Waals surface area contributed by atoms with E-state index in [1.165, 1.54) is 11.1 Å². The smallest absolute Gasteiger partial charge is 0.317 e. The number of nitrogens with zero attached hydrogens (tertiary/aromatic N) is 1. The van der Waals surface area contributed by atoms with Crippen LogP contribution in [-0.2, 0) is 6.54 Å². The summed E-state index contributed by atoms with van der Waals surface area (Å²) in [6.07, 6.45) is 2.28. The average molecular weight is 232 g/mol. The number of aryl methyl sites for hydroxylation is 1. The van der Waals surface area contributed by atoms with E-state index in [-0.39, 0.29) is 6.03 Å². The van der Waals surface area contributed by atoms with Crippen molar-refractivity contribution in [3.05, 3.63) is 35.4 Å². The van der Waals surface area contributed by atoms with Gasteiger partial charge < -0.3 is 10.2 Å². The second-order valence-electron chi connectivity index (χ2n) is 4.68. The molecule has 92 valence electrons. The van der Waals surface area contributed by atoms with Gasteiger partial charge in [-0.25, -0.2) is 4.79 Å². The lowest BCUT2D eigenvalue weighted by Gasteiger charge is -2.22. The summed E-state index contributed by atoms with van der Waals surface area (Å²) in [5.41, 5.74) is 2.46. The Bertz CT molecular complexity index is 399. The lowest BCUT2D eigenvalue weighted by atomic mass is 10.1. The number of carbonyl (C=O) groups excluding carboxylic acids is 1. The Labute approximate surface area is 103 Å². The Hall–Kier alpha value is -1.51. The van der Waals surface area contributed by atoms with Gasteiger partial charge in [0.15, 0.2) is 0 Å². The van der Waals surface area contributed by atoms with Crippen LogP contribution in [0, 0.1) is 6.92 Å². The van der Waals surface area contributed by atoms with Gasteiger partial charge >= 0.3 is 6.03 Å². The van der Waals surface area contributed by atoms with Crippen molar-refractivity contribution >= 4 is 6.03 Å². The number of nitrogens with one attached hydrogen (secondary N) is 1. The molecule has 1 aliphatic carbocycles. The number of benzene rings is 1. The zero-order chi connectivity index (χ0) is 12.3. The van der Waals surface area contributed by atoms with Crippen LogP contribution in [0.3, 0.4) is 0 Å². The average Bonchev–Trinajstić information content (AvgIpc) is 3.10. The summed E-state index contributed by atoms with van der Waals surface area (Å²) < 4.78 is 0. The van der Waals surface area contributed by atoms with Gasteiger partial charge in [-0.05, 0) is 32.3 Å². The summed E-state index contributed by atoms with van der Waals surface area (Å²) in [6, 6.07) is 8.87. The first-order valence-corrected chi connectivity index (χ1v) is 6.30. The van der Waals surface area contributed by atoms with E-state index in [1.807, 2.05) is 17.9 Å². The zero-order valence-electron chi connectivity index (χ0n) is 10.6. The molecule has 1 aliphatic rings. The molecule has 1 aromatic carbocycles. The molecule has 1 N–H and O–H groups in total. The van der Waals surface area contributed by atoms with Crippen LogP contribution in [-0.4, -0.2) is 23.5 Å². The minimum absolute atomic E-state index is 0.0662. The second kappa shape index (κ2) is 5.21. The fraction of sp³-hybridized carbons (Fsp3) is 0.500. The monoisotopic (exact) mass is 232 g/mol. The fourth-order valence-corrected chi connectivity index (χ4v) is 2.01. The van der Waals surface area contributed by atoms with Crippen molar-refractivity contribution in [2.75, 3.05) is 6.54 Å². The van der Waals surface area contributed by atoms with Crippen LogP contribution in [0.5, 0.6) is 0 Å². The molecule has 2 rings (SSSR count). The normalized spacial score (nSPS) is 14.5. The zero-order valence-corrected chi connectivity index (χ0v) is 10.6. The minimum atomic E-state index is 0.0662. The molecule has 1 aromatic rings. The third kappa shape index (κ3) is 3.22. The van der Waals surface area contributed by atoms with Gasteiger partial charge in [0.25, 0.3) is 0 Å². The van der Waals surface area contributed by atoms with Crippen molar-refractivity contribution in [1.29, 1.82) is 0 Å². The Kier molecular flexibility index (Phi) is 3.67. The van der Waals surface area contributed by atoms with Crippen molar-refractivity contribution in [2.45, 2.75) is 39.3 Å². The Balaban J connectivity index is 2.05. The molecule has 0 aromatic heterocycles. The second-order valence-corrected chi connectivity index (χ2v) is 4.68. The highest BCUT2D eigenvalue weighted by atomic mass is 16.2. The number of urea groups is 1. The van der Waals surface area contributed by atoms with E-state index in [0.29, 0.717) is 12.6 Å². The summed E-state index contributed by atoms with van der Waals surface area (Å²) in [5.74, 6) is 0. The van der Waals surface area contributed by atoms with Gasteiger partial charge in [0.05, 0.1) is 0 Å². The van der Waals surface area contributed by atoms with Gasteiger partial charge in [0, 0.05) is 19.1 Å². The number of amides is 2. The van der Waals surface area contributed by atoms with Crippen LogP contribution in [0.2, 0.25) is 0 Å². The quantitative estimate of drug-likeness (QED) is 0.850. The topological polar surface area (TPSA) is 32.3 Å². The SMILES string of the molecule is CCNC(=O)N(Cc1cccc(C)c1)C1CC1. The molecule has 0 radical (unpaired) electrons. The van der Waals surface area contributed by atoms with Crippen molar-refractivity contribution in [1.82, 2.24) is 10.2 Å². The molecule has 0 spiro atoms. The largest absolute Gasteiger partial charge is 0.338 e. The highest BCUT2D eigenvalue weighted by molar-refractivity contribution is 5.74. The molecular weight excluding hydrogens is 212 g/mol. The van der Waals surface area contributed by atoms with Gasteiger partial charge in [-0.2, -0.15) is 0 Å². The fourth-order valence-electron chi connectivity index (χ4n) is 2.01. The molecule has 3 nitrogen and oxygen atoms in total. The number of hydrogen-bond donors (Lipinski definition) is 1. The Morgan fingerprint density at radius 3 is 2.82 bits per heavy atom. The van der Waals surface area contributed by atoms with E-state index in [0.717, 1.165) is 19.4 Å². The summed E-state index contributed by atoms with van der Waals surface area (Å²) in [6.45, 7) is 5.45. The summed E-state index contributed by atoms with van der Waals surface area (Å²) in [7, 11) is 0. The van der Waals surface area contributed by atoms with Crippen LogP contribution in [0.1, 0.15) is 30.9 Å². The molecule has 0 aliphatic heterocycles. The minimum Gasteiger partial charge on any atom is -0.338 e. The van der Waals surface area contributed by atoms with Crippen LogP contribution in [0.4, 0.5) is 4.79 Å². The molecule has 0 heterocycles. The molecule has 1 saturated carbocycles. The third-order valence-electron chi connectivity index (χ3n) is 3.01. The molecule has 0 bridgehead atoms. The maximum atomic E-state index is 11.9. The number of rotatable bonds is 4. The summed E-state index contributed by atoms with van der Waals surface area (Å²) in [5, 5.41) is 2.89. The van der Waals surface area contributed by atoms with Crippen LogP contribution in [0.15, 0.2) is 24.3 Å². The summed E-state index contributed by atoms with van der Waals surface area (Å²) >= 11 is 0. The van der Waals surface area contributed by atoms with E-state index >= 15 is 0 Å². The predicted octanol–water partition coefficient (Wildman–Crippen LogP) is 2.69. The van der Waals surface area contributed by atoms with Gasteiger partial charge in [-0.3, -0.25) is 0 Å². The highest BCUT2D eigenvalue weighted by Gasteiger charge is 2.32. The van der Waals surface area contributed by atoms with Gasteiger partial charge in [0.1, 0.15) is 0 Å². The number of hydrogen-bond acceptors (Lipinski definition) is 1. The van der Waals surface area contributed by atoms with Crippen LogP contribution >= 0.6 is 0 Å². The van der Waals surface area contributed by atoms with E-state index in [4.69, 9.17) is 0 Å². The molecule has 3 heteroatoms. The molecule has 2 amide bonds. The first kappa shape index (κ1) is 12.0. The van der Waals surface area contributed by atoms with Crippen molar-refractivity contribution in [3.63, 3.8) is 0 Å². The molecular formula is C14H20N2O. The van der Waals surface area contributed by atoms with Crippen molar-refractivity contribution in [3.8, 4) is 0 Å². The standard InChI is InChI=1S/C14H20N2O/c1-3-15-14(17)16(13-7-8-13)10-12-6-4-5-11(2)9-12/h4-6,9,13H,3,7-8,10H2,1-2H3,(H,15,17). The molecule has 1 fully saturated rings. The first-order chi connectivity index (χ1) is 8.20. The van der Waals surface area contributed by atoms with E-state index in [2.05, 4.69) is 30.4 Å². The van der Waals surface area contributed by atoms with Crippen LogP contribution in [0.25, 0.3) is 0 Å². The maximum absolute atomic E-state index is 11.9. The summed E-state index contributed by atoms with van der Waals surface area (Å²) in [4.78, 5) is 13.9. The lowest BCUT2D eigenvalue weighted by molar-refractivity contribution is 0.192. The van der Waals surface area contributed by atoms with Gasteiger partial charge in [-0.15, -0.1) is 0 Å². The van der Waals surface area contributed by atoms with Crippen molar-refractivity contribution < 1.29 is 4.79 Å². The first-order valence-electron chi connectivity index (χ1n) is 6.30. The predicted molar refractivity (Wildman–Crippen MR) is 68.8 cm³/mol. The van der Waals surface area contributed by atoms with Gasteiger partial charge in [-0.1, -0.05) is 29.8 Å². The lowest BCUT2D eigenvalue weighted by Crippen LogP contribution is -2.40. The molecule has 0 unspecified atom stereocenters. The molecule has 0 atom stereocenters. The van der Waals surface area contributed by atoms with E-state index in [9.17, 15) is 4.79 Å². The maximum Gasteiger partial charge on any atom is 0.317 e. The number of carbonyl (C=O) groups is 1. The Morgan fingerprint density at radius 1 is 1.47 bits per heavy atom. The van der Waals surface area contributed by atoms with Crippen LogP contribution < -0.4 is 5.32 Å². The third-order valence-corrected chi connectivity index (χ3v) is 3.01.